The Bertz CT molecular complexity index is 880. The summed E-state index contributed by atoms with van der Waals surface area (Å²) in [5.74, 6) is 0.603. The van der Waals surface area contributed by atoms with Gasteiger partial charge in [-0.15, -0.1) is 0 Å². The second-order valence-electron chi connectivity index (χ2n) is 8.39. The highest BCUT2D eigenvalue weighted by molar-refractivity contribution is 5.95. The van der Waals surface area contributed by atoms with E-state index in [1.165, 1.54) is 12.1 Å². The first-order valence-corrected chi connectivity index (χ1v) is 9.60. The summed E-state index contributed by atoms with van der Waals surface area (Å²) in [5.41, 5.74) is 1.51. The van der Waals surface area contributed by atoms with Crippen molar-refractivity contribution >= 4 is 11.6 Å². The number of halogens is 3. The van der Waals surface area contributed by atoms with Crippen molar-refractivity contribution in [1.82, 2.24) is 5.32 Å². The Morgan fingerprint density at radius 2 is 1.66 bits per heavy atom. The van der Waals surface area contributed by atoms with Gasteiger partial charge in [-0.1, -0.05) is 39.0 Å². The van der Waals surface area contributed by atoms with Crippen LogP contribution < -0.4 is 10.6 Å². The summed E-state index contributed by atoms with van der Waals surface area (Å²) in [6.07, 6.45) is -2.28. The number of aliphatic imine (C=N–C) groups is 1. The van der Waals surface area contributed by atoms with Crippen LogP contribution in [0.1, 0.15) is 50.3 Å². The Morgan fingerprint density at radius 1 is 1.03 bits per heavy atom. The minimum Gasteiger partial charge on any atom is -0.506 e. The largest absolute Gasteiger partial charge is 0.506 e. The second kappa shape index (κ2) is 7.97. The van der Waals surface area contributed by atoms with Crippen LogP contribution in [0, 0.1) is 0 Å². The molecule has 0 saturated heterocycles. The molecule has 2 aromatic carbocycles. The zero-order chi connectivity index (χ0) is 21.2. The van der Waals surface area contributed by atoms with Crippen molar-refractivity contribution in [2.45, 2.75) is 57.8 Å². The molecule has 0 heterocycles. The molecule has 0 spiro atoms. The SMILES string of the molecule is CC(C)(C)c1ccc(O)c(NC(=NCc2ccc(C(F)(F)F)cc2)NC2CC2)c1. The molecule has 0 bridgehead atoms. The average Bonchev–Trinajstić information content (AvgIpc) is 3.44. The third kappa shape index (κ3) is 5.89. The van der Waals surface area contributed by atoms with Crippen molar-refractivity contribution in [3.05, 3.63) is 59.2 Å². The number of rotatable bonds is 4. The molecule has 0 unspecified atom stereocenters. The van der Waals surface area contributed by atoms with Crippen LogP contribution in [-0.4, -0.2) is 17.1 Å². The highest BCUT2D eigenvalue weighted by Gasteiger charge is 2.30. The van der Waals surface area contributed by atoms with Crippen LogP contribution in [0.25, 0.3) is 0 Å². The lowest BCUT2D eigenvalue weighted by molar-refractivity contribution is -0.137. The second-order valence-corrected chi connectivity index (χ2v) is 8.39. The number of phenols is 1. The van der Waals surface area contributed by atoms with Crippen molar-refractivity contribution in [3.8, 4) is 5.75 Å². The zero-order valence-electron chi connectivity index (χ0n) is 16.8. The fraction of sp³-hybridized carbons (Fsp3) is 0.409. The van der Waals surface area contributed by atoms with Gasteiger partial charge in [0.1, 0.15) is 5.75 Å². The van der Waals surface area contributed by atoms with Gasteiger partial charge < -0.3 is 15.7 Å². The van der Waals surface area contributed by atoms with Crippen LogP contribution in [0.4, 0.5) is 18.9 Å². The van der Waals surface area contributed by atoms with Crippen LogP contribution >= 0.6 is 0 Å². The van der Waals surface area contributed by atoms with Gasteiger partial charge >= 0.3 is 6.18 Å². The van der Waals surface area contributed by atoms with Crippen LogP contribution in [0.3, 0.4) is 0 Å². The van der Waals surface area contributed by atoms with Crippen molar-refractivity contribution in [2.24, 2.45) is 4.99 Å². The van der Waals surface area contributed by atoms with Crippen LogP contribution in [0.15, 0.2) is 47.5 Å². The number of guanidine groups is 1. The third-order valence-electron chi connectivity index (χ3n) is 4.73. The van der Waals surface area contributed by atoms with Crippen LogP contribution in [0.2, 0.25) is 0 Å². The molecule has 7 heteroatoms. The number of benzene rings is 2. The predicted molar refractivity (Wildman–Crippen MR) is 109 cm³/mol. The Morgan fingerprint density at radius 3 is 2.21 bits per heavy atom. The highest BCUT2D eigenvalue weighted by atomic mass is 19.4. The molecule has 0 amide bonds. The lowest BCUT2D eigenvalue weighted by Gasteiger charge is -2.21. The van der Waals surface area contributed by atoms with Gasteiger partial charge in [0.25, 0.3) is 0 Å². The number of hydrogen-bond acceptors (Lipinski definition) is 2. The minimum atomic E-state index is -4.35. The molecule has 156 valence electrons. The predicted octanol–water partition coefficient (Wildman–Crippen LogP) is 5.43. The summed E-state index contributed by atoms with van der Waals surface area (Å²) in [5, 5.41) is 16.7. The van der Waals surface area contributed by atoms with Crippen LogP contribution in [-0.2, 0) is 18.1 Å². The summed E-state index contributed by atoms with van der Waals surface area (Å²) < 4.78 is 38.1. The van der Waals surface area contributed by atoms with E-state index in [1.807, 2.05) is 12.1 Å². The minimum absolute atomic E-state index is 0.0778. The van der Waals surface area contributed by atoms with Crippen molar-refractivity contribution in [1.29, 1.82) is 0 Å². The average molecular weight is 405 g/mol. The number of aromatic hydroxyl groups is 1. The Hall–Kier alpha value is -2.70. The van der Waals surface area contributed by atoms with E-state index >= 15 is 0 Å². The number of alkyl halides is 3. The number of nitrogens with one attached hydrogen (secondary N) is 2. The highest BCUT2D eigenvalue weighted by Crippen LogP contribution is 2.31. The molecule has 0 aliphatic heterocycles. The van der Waals surface area contributed by atoms with Gasteiger partial charge in [-0.2, -0.15) is 13.2 Å². The maximum absolute atomic E-state index is 12.7. The molecule has 29 heavy (non-hydrogen) atoms. The lowest BCUT2D eigenvalue weighted by atomic mass is 9.87. The van der Waals surface area contributed by atoms with Gasteiger partial charge in [0.15, 0.2) is 5.96 Å². The molecule has 1 aliphatic carbocycles. The van der Waals surface area contributed by atoms with Gasteiger partial charge in [0.2, 0.25) is 0 Å². The molecule has 0 atom stereocenters. The monoisotopic (exact) mass is 405 g/mol. The van der Waals surface area contributed by atoms with E-state index in [0.29, 0.717) is 23.3 Å². The fourth-order valence-corrected chi connectivity index (χ4v) is 2.74. The van der Waals surface area contributed by atoms with Gasteiger partial charge in [-0.25, -0.2) is 4.99 Å². The Labute approximate surface area is 168 Å². The first kappa shape index (κ1) is 21.0. The van der Waals surface area contributed by atoms with Gasteiger partial charge in [0, 0.05) is 6.04 Å². The van der Waals surface area contributed by atoms with Gasteiger partial charge in [0.05, 0.1) is 17.8 Å². The van der Waals surface area contributed by atoms with E-state index < -0.39 is 11.7 Å². The van der Waals surface area contributed by atoms with E-state index in [4.69, 9.17) is 0 Å². The van der Waals surface area contributed by atoms with E-state index in [-0.39, 0.29) is 17.7 Å². The Balaban J connectivity index is 1.78. The molecule has 1 fully saturated rings. The molecule has 3 N–H and O–H groups in total. The van der Waals surface area contributed by atoms with Crippen molar-refractivity contribution in [3.63, 3.8) is 0 Å². The van der Waals surface area contributed by atoms with Gasteiger partial charge in [-0.3, -0.25) is 0 Å². The normalized spacial score (nSPS) is 15.3. The number of anilines is 1. The number of hydrogen-bond donors (Lipinski definition) is 3. The smallest absolute Gasteiger partial charge is 0.416 e. The summed E-state index contributed by atoms with van der Waals surface area (Å²) in [6.45, 7) is 6.49. The number of phenolic OH excluding ortho intramolecular Hbond substituents is 1. The van der Waals surface area contributed by atoms with Gasteiger partial charge in [-0.05, 0) is 53.6 Å². The lowest BCUT2D eigenvalue weighted by Crippen LogP contribution is -2.32. The van der Waals surface area contributed by atoms with Crippen molar-refractivity contribution < 1.29 is 18.3 Å². The molecule has 1 aliphatic rings. The molecule has 4 nitrogen and oxygen atoms in total. The maximum atomic E-state index is 12.7. The van der Waals surface area contributed by atoms with E-state index in [0.717, 1.165) is 30.5 Å². The summed E-state index contributed by atoms with van der Waals surface area (Å²) in [4.78, 5) is 4.50. The van der Waals surface area contributed by atoms with Crippen molar-refractivity contribution in [2.75, 3.05) is 5.32 Å². The molecule has 0 radical (unpaired) electrons. The Kier molecular flexibility index (Phi) is 5.78. The topological polar surface area (TPSA) is 56.6 Å². The summed E-state index contributed by atoms with van der Waals surface area (Å²) >= 11 is 0. The molecule has 0 aromatic heterocycles. The maximum Gasteiger partial charge on any atom is 0.416 e. The standard InChI is InChI=1S/C22H26F3N3O/c1-21(2,3)16-8-11-19(29)18(12-16)28-20(27-17-9-10-17)26-13-14-4-6-15(7-5-14)22(23,24)25/h4-8,11-12,17,29H,9-10,13H2,1-3H3,(H2,26,27,28). The third-order valence-corrected chi connectivity index (χ3v) is 4.73. The molecular weight excluding hydrogens is 379 g/mol. The summed E-state index contributed by atoms with van der Waals surface area (Å²) in [7, 11) is 0. The first-order valence-electron chi connectivity index (χ1n) is 9.60. The molecular formula is C22H26F3N3O. The zero-order valence-corrected chi connectivity index (χ0v) is 16.8. The van der Waals surface area contributed by atoms with E-state index in [2.05, 4.69) is 36.4 Å². The van der Waals surface area contributed by atoms with E-state index in [1.54, 1.807) is 6.07 Å². The van der Waals surface area contributed by atoms with Crippen LogP contribution in [0.5, 0.6) is 5.75 Å². The summed E-state index contributed by atoms with van der Waals surface area (Å²) in [6, 6.07) is 10.7. The van der Waals surface area contributed by atoms with E-state index in [9.17, 15) is 18.3 Å². The fourth-order valence-electron chi connectivity index (χ4n) is 2.74. The quantitative estimate of drug-likeness (QED) is 0.361. The first-order chi connectivity index (χ1) is 13.5. The number of nitrogens with zero attached hydrogens (tertiary/aromatic N) is 1. The molecule has 2 aromatic rings. The molecule has 3 rings (SSSR count). The molecule has 1 saturated carbocycles.